The number of halogens is 1. The van der Waals surface area contributed by atoms with Crippen LogP contribution in [0.1, 0.15) is 0 Å². The first-order chi connectivity index (χ1) is 6.00. The van der Waals surface area contributed by atoms with Gasteiger partial charge in [0.15, 0.2) is 0 Å². The van der Waals surface area contributed by atoms with Gasteiger partial charge in [-0.15, -0.1) is 0 Å². The van der Waals surface area contributed by atoms with Crippen LogP contribution in [0.5, 0.6) is 0 Å². The summed E-state index contributed by atoms with van der Waals surface area (Å²) >= 11 is 0. The first kappa shape index (κ1) is 9.33. The summed E-state index contributed by atoms with van der Waals surface area (Å²) in [6.45, 7) is 0. The first-order valence-electron chi connectivity index (χ1n) is 4.63. The topological polar surface area (TPSA) is 124 Å². The first-order valence-corrected chi connectivity index (χ1v) is 5.90. The molecule has 0 aromatic heterocycles. The molecule has 0 radical (unpaired) electrons. The van der Waals surface area contributed by atoms with Crippen molar-refractivity contribution >= 4 is 0 Å². The summed E-state index contributed by atoms with van der Waals surface area (Å²) in [7, 11) is -4.69. The van der Waals surface area contributed by atoms with Gasteiger partial charge in [-0.2, -0.15) is 14.0 Å². The SMILES string of the molecule is C12C3C4C1C1C2C3C41.N.[O-][Cl+3]([O-])([O-])O. The Hall–Kier alpha value is 0.0900. The van der Waals surface area contributed by atoms with Crippen molar-refractivity contribution in [1.29, 1.82) is 0 Å². The van der Waals surface area contributed by atoms with E-state index >= 15 is 0 Å². The molecule has 4 N–H and O–H groups in total. The lowest BCUT2D eigenvalue weighted by Gasteiger charge is -3.03. The van der Waals surface area contributed by atoms with E-state index in [1.165, 1.54) is 47.3 Å². The van der Waals surface area contributed by atoms with Crippen molar-refractivity contribution in [3.05, 3.63) is 0 Å². The van der Waals surface area contributed by atoms with E-state index in [0.717, 1.165) is 0 Å². The van der Waals surface area contributed by atoms with E-state index in [4.69, 9.17) is 18.6 Å². The molecule has 6 aliphatic carbocycles. The molecule has 0 aromatic rings. The molecule has 6 aliphatic rings. The summed E-state index contributed by atoms with van der Waals surface area (Å²) in [5.41, 5.74) is 0. The van der Waals surface area contributed by atoms with Crippen LogP contribution in [0, 0.1) is 57.6 Å². The van der Waals surface area contributed by atoms with Gasteiger partial charge in [-0.25, -0.2) is 0 Å². The average Bonchev–Trinajstić information content (AvgIpc) is 2.03. The molecule has 6 rings (SSSR count). The van der Waals surface area contributed by atoms with Gasteiger partial charge in [0.25, 0.3) is 0 Å². The van der Waals surface area contributed by atoms with Crippen molar-refractivity contribution in [3.8, 4) is 0 Å². The Morgan fingerprint density at radius 2 is 0.714 bits per heavy atom. The number of rotatable bonds is 0. The zero-order valence-corrected chi connectivity index (χ0v) is 8.13. The molecule has 5 nitrogen and oxygen atoms in total. The average molecular weight is 222 g/mol. The van der Waals surface area contributed by atoms with E-state index in [0.29, 0.717) is 0 Å². The van der Waals surface area contributed by atoms with Gasteiger partial charge in [-0.3, -0.25) is 0 Å². The zero-order valence-electron chi connectivity index (χ0n) is 7.38. The summed E-state index contributed by atoms with van der Waals surface area (Å²) in [6.07, 6.45) is 0. The fourth-order valence-electron chi connectivity index (χ4n) is 5.29. The van der Waals surface area contributed by atoms with Gasteiger partial charge in [0.2, 0.25) is 0 Å². The van der Waals surface area contributed by atoms with Gasteiger partial charge >= 0.3 is 0 Å². The molecule has 80 valence electrons. The second kappa shape index (κ2) is 2.11. The Labute approximate surface area is 83.0 Å². The van der Waals surface area contributed by atoms with Crippen LogP contribution in [0.2, 0.25) is 0 Å². The fourth-order valence-corrected chi connectivity index (χ4v) is 5.29. The maximum atomic E-state index is 8.60. The third-order valence-corrected chi connectivity index (χ3v) is 5.33. The van der Waals surface area contributed by atoms with Crippen molar-refractivity contribution in [2.45, 2.75) is 0 Å². The molecule has 0 atom stereocenters. The Bertz CT molecular complexity index is 190. The molecule has 0 aromatic carbocycles. The van der Waals surface area contributed by atoms with Crippen molar-refractivity contribution in [3.63, 3.8) is 0 Å². The Kier molecular flexibility index (Phi) is 1.41. The van der Waals surface area contributed by atoms with Crippen molar-refractivity contribution in [2.24, 2.45) is 47.3 Å². The molecule has 6 heteroatoms. The van der Waals surface area contributed by atoms with Crippen LogP contribution in [0.15, 0.2) is 0 Å². The van der Waals surface area contributed by atoms with E-state index in [1.54, 1.807) is 0 Å². The number of hydrogen-bond donors (Lipinski definition) is 2. The fraction of sp³-hybridized carbons (Fsp3) is 1.00. The number of hydrogen-bond acceptors (Lipinski definition) is 5. The van der Waals surface area contributed by atoms with E-state index < -0.39 is 10.2 Å². The lowest BCUT2D eigenvalue weighted by Crippen LogP contribution is -3.00. The zero-order chi connectivity index (χ0) is 9.12. The van der Waals surface area contributed by atoms with Crippen LogP contribution < -0.4 is 20.1 Å². The summed E-state index contributed by atoms with van der Waals surface area (Å²) in [6, 6.07) is 0. The molecule has 6 saturated carbocycles. The van der Waals surface area contributed by atoms with Gasteiger partial charge in [0, 0.05) is 0 Å². The second-order valence-electron chi connectivity index (χ2n) is 5.01. The van der Waals surface area contributed by atoms with E-state index in [9.17, 15) is 0 Å². The highest BCUT2D eigenvalue weighted by atomic mass is 35.7. The lowest BCUT2D eigenvalue weighted by molar-refractivity contribution is -1.92. The maximum Gasteiger partial charge on any atom is 0.0777 e. The molecule has 0 aliphatic heterocycles. The molecule has 14 heavy (non-hydrogen) atoms. The van der Waals surface area contributed by atoms with Crippen LogP contribution in [0.3, 0.4) is 0 Å². The minimum absolute atomic E-state index is 0. The van der Waals surface area contributed by atoms with Crippen LogP contribution in [-0.4, -0.2) is 4.66 Å². The molecule has 0 bridgehead atoms. The van der Waals surface area contributed by atoms with E-state index in [2.05, 4.69) is 0 Å². The molecule has 6 fully saturated rings. The Morgan fingerprint density at radius 1 is 0.643 bits per heavy atom. The molecule has 0 unspecified atom stereocenters. The molecular weight excluding hydrogens is 210 g/mol. The smallest absolute Gasteiger partial charge is 0.0777 e. The lowest BCUT2D eigenvalue weighted by atomic mass is 9.01. The van der Waals surface area contributed by atoms with E-state index in [-0.39, 0.29) is 6.15 Å². The van der Waals surface area contributed by atoms with E-state index in [1.807, 2.05) is 0 Å². The molecular formula is C8H12ClNO4. The van der Waals surface area contributed by atoms with Gasteiger partial charge in [0.05, 0.1) is 14.9 Å². The highest BCUT2D eigenvalue weighted by molar-refractivity contribution is 5.44. The van der Waals surface area contributed by atoms with Crippen LogP contribution in [-0.2, 0) is 0 Å². The van der Waals surface area contributed by atoms with Gasteiger partial charge in [-0.05, 0) is 47.3 Å². The quantitative estimate of drug-likeness (QED) is 0.452. The Balaban J connectivity index is 0.0000000978. The van der Waals surface area contributed by atoms with Crippen molar-refractivity contribution in [1.82, 2.24) is 6.15 Å². The minimum atomic E-state index is -4.69. The molecule has 0 saturated heterocycles. The largest absolute Gasteiger partial charge is 0.344 e. The third kappa shape index (κ3) is 0.643. The third-order valence-electron chi connectivity index (χ3n) is 5.33. The van der Waals surface area contributed by atoms with Crippen LogP contribution in [0.25, 0.3) is 0 Å². The normalized spacial score (nSPS) is 66.0. The van der Waals surface area contributed by atoms with Crippen molar-refractivity contribution < 1.29 is 28.9 Å². The predicted octanol–water partition coefficient (Wildman–Crippen LogP) is -2.98. The van der Waals surface area contributed by atoms with Crippen molar-refractivity contribution in [2.75, 3.05) is 0 Å². The highest BCUT2D eigenvalue weighted by Crippen LogP contribution is 3.00. The summed E-state index contributed by atoms with van der Waals surface area (Å²) in [4.78, 5) is 0. The summed E-state index contributed by atoms with van der Waals surface area (Å²) < 4.78 is 32.7. The highest BCUT2D eigenvalue weighted by Gasteiger charge is 2.97. The van der Waals surface area contributed by atoms with Gasteiger partial charge in [-0.1, -0.05) is 0 Å². The second-order valence-corrected chi connectivity index (χ2v) is 5.81. The monoisotopic (exact) mass is 221 g/mol. The summed E-state index contributed by atoms with van der Waals surface area (Å²) in [5.74, 6) is 10.7. The molecule has 0 heterocycles. The van der Waals surface area contributed by atoms with Crippen LogP contribution >= 0.6 is 0 Å². The molecule has 0 spiro atoms. The summed E-state index contributed by atoms with van der Waals surface area (Å²) in [5, 5.41) is 0. The standard InChI is InChI=1S/C8H8.ClHO4.H3N/c1-2-5-3(1)7-4(1)6(2)8(5)7;2-1(3,4)5;/h1-8H;(H,2,3,4,5);1H3. The van der Waals surface area contributed by atoms with Gasteiger partial charge < -0.3 is 6.15 Å². The predicted molar refractivity (Wildman–Crippen MR) is 35.2 cm³/mol. The Morgan fingerprint density at radius 3 is 0.786 bits per heavy atom. The maximum absolute atomic E-state index is 8.60. The van der Waals surface area contributed by atoms with Gasteiger partial charge in [0.1, 0.15) is 0 Å². The minimum Gasteiger partial charge on any atom is -0.344 e. The van der Waals surface area contributed by atoms with Crippen LogP contribution in [0.4, 0.5) is 0 Å². The molecule has 0 amide bonds.